The molecule has 0 bridgehead atoms. The number of rotatable bonds is 8. The predicted molar refractivity (Wildman–Crippen MR) is 61.7 cm³/mol. The van der Waals surface area contributed by atoms with E-state index in [0.29, 0.717) is 26.4 Å². The van der Waals surface area contributed by atoms with Gasteiger partial charge in [0.1, 0.15) is 26.4 Å². The smallest absolute Gasteiger partial charge is 0.119 e. The molecule has 0 aliphatic heterocycles. The zero-order chi connectivity index (χ0) is 12.8. The molecule has 16 heavy (non-hydrogen) atoms. The van der Waals surface area contributed by atoms with Gasteiger partial charge in [0.2, 0.25) is 0 Å². The highest BCUT2D eigenvalue weighted by Crippen LogP contribution is 2.22. The molecule has 0 aliphatic rings. The Bertz CT molecular complexity index is 151. The second-order valence-electron chi connectivity index (χ2n) is 2.12. The van der Waals surface area contributed by atoms with Crippen molar-refractivity contribution < 1.29 is 27.2 Å². The molecule has 0 spiro atoms. The van der Waals surface area contributed by atoms with Crippen LogP contribution in [0.3, 0.4) is 0 Å². The van der Waals surface area contributed by atoms with E-state index in [9.17, 15) is 9.13 Å². The molecule has 0 saturated carbocycles. The van der Waals surface area contributed by atoms with Crippen molar-refractivity contribution in [3.8, 4) is 0 Å². The fourth-order valence-electron chi connectivity index (χ4n) is 0.496. The summed E-state index contributed by atoms with van der Waals surface area (Å²) in [7, 11) is -3.66. The van der Waals surface area contributed by atoms with Gasteiger partial charge in [-0.15, -0.1) is 18.1 Å². The lowest BCUT2D eigenvalue weighted by molar-refractivity contribution is 0.242. The van der Waals surface area contributed by atoms with Gasteiger partial charge < -0.3 is 0 Å². The first-order chi connectivity index (χ1) is 7.62. The highest BCUT2D eigenvalue weighted by Gasteiger charge is 2.16. The van der Waals surface area contributed by atoms with Crippen LogP contribution in [0.1, 0.15) is 27.7 Å². The molecule has 0 amide bonds. The number of hydrogen-bond acceptors (Lipinski definition) is 6. The van der Waals surface area contributed by atoms with Gasteiger partial charge in [-0.3, -0.25) is 0 Å². The summed E-state index contributed by atoms with van der Waals surface area (Å²) in [4.78, 5) is 0. The van der Waals surface area contributed by atoms with Gasteiger partial charge in [0.05, 0.1) is 0 Å². The Morgan fingerprint density at radius 3 is 0.938 bits per heavy atom. The van der Waals surface area contributed by atoms with E-state index in [4.69, 9.17) is 0 Å². The summed E-state index contributed by atoms with van der Waals surface area (Å²) in [6.07, 6.45) is 0. The quantitative estimate of drug-likeness (QED) is 0.631. The van der Waals surface area contributed by atoms with Crippen molar-refractivity contribution in [3.63, 3.8) is 0 Å². The molecule has 96 valence electrons. The fourth-order valence-corrected chi connectivity index (χ4v) is 1.49. The molecule has 0 N–H and O–H groups in total. The summed E-state index contributed by atoms with van der Waals surface area (Å²) in [5.74, 6) is 0. The van der Waals surface area contributed by atoms with E-state index in [1.165, 1.54) is 0 Å². The van der Waals surface area contributed by atoms with Crippen LogP contribution in [0.5, 0.6) is 0 Å². The fraction of sp³-hybridized carbons (Fsp3) is 1.00. The molecular formula is C8H20O6P2+2. The average Bonchev–Trinajstić information content (AvgIpc) is 2.20. The summed E-state index contributed by atoms with van der Waals surface area (Å²) in [5.41, 5.74) is 0. The highest BCUT2D eigenvalue weighted by atomic mass is 31.1. The lowest BCUT2D eigenvalue weighted by Crippen LogP contribution is -1.81. The van der Waals surface area contributed by atoms with Crippen LogP contribution in [-0.2, 0) is 27.2 Å². The zero-order valence-corrected chi connectivity index (χ0v) is 12.0. The Morgan fingerprint density at radius 1 is 0.625 bits per heavy atom. The van der Waals surface area contributed by atoms with E-state index < -0.39 is 16.5 Å². The van der Waals surface area contributed by atoms with Gasteiger partial charge in [-0.2, -0.15) is 0 Å². The molecule has 0 aliphatic carbocycles. The lowest BCUT2D eigenvalue weighted by atomic mass is 10.9. The first kappa shape index (κ1) is 18.4. The Balaban J connectivity index is 0. The van der Waals surface area contributed by atoms with Crippen LogP contribution in [0.25, 0.3) is 0 Å². The molecule has 0 aromatic carbocycles. The Kier molecular flexibility index (Phi) is 17.3. The summed E-state index contributed by atoms with van der Waals surface area (Å²) in [5, 5.41) is 0. The lowest BCUT2D eigenvalue weighted by Gasteiger charge is -1.79. The van der Waals surface area contributed by atoms with Crippen LogP contribution in [0.4, 0.5) is 0 Å². The first-order valence-electron chi connectivity index (χ1n) is 5.08. The maximum Gasteiger partial charge on any atom is 0.697 e. The van der Waals surface area contributed by atoms with Crippen molar-refractivity contribution in [1.82, 2.24) is 0 Å². The van der Waals surface area contributed by atoms with Crippen LogP contribution in [0, 0.1) is 0 Å². The van der Waals surface area contributed by atoms with Gasteiger partial charge in [-0.25, -0.2) is 0 Å². The topological polar surface area (TPSA) is 71.1 Å². The van der Waals surface area contributed by atoms with Gasteiger partial charge in [0.15, 0.2) is 0 Å². The van der Waals surface area contributed by atoms with Crippen LogP contribution in [-0.4, -0.2) is 26.4 Å². The third-order valence-electron chi connectivity index (χ3n) is 0.938. The normalized spacial score (nSPS) is 9.25. The SMILES string of the molecule is CCO[P+](=O)OCC.CCO[P+](=O)OCC. The number of hydrogen-bond donors (Lipinski definition) is 0. The van der Waals surface area contributed by atoms with E-state index in [2.05, 4.69) is 18.1 Å². The molecule has 6 nitrogen and oxygen atoms in total. The minimum absolute atomic E-state index is 0.440. The Hall–Kier alpha value is 0.0400. The third-order valence-corrected chi connectivity index (χ3v) is 2.81. The molecule has 0 rings (SSSR count). The van der Waals surface area contributed by atoms with Crippen LogP contribution < -0.4 is 0 Å². The molecular weight excluding hydrogens is 254 g/mol. The van der Waals surface area contributed by atoms with Gasteiger partial charge in [-0.1, -0.05) is 0 Å². The van der Waals surface area contributed by atoms with Crippen LogP contribution >= 0.6 is 16.5 Å². The summed E-state index contributed by atoms with van der Waals surface area (Å²) < 4.78 is 39.0. The standard InChI is InChI=1S/2C4H10O3P/c2*1-3-6-8(5)7-4-2/h2*3-4H2,1-2H3/q2*+1. The second kappa shape index (κ2) is 15.0. The molecule has 0 aromatic heterocycles. The Morgan fingerprint density at radius 2 is 0.812 bits per heavy atom. The highest BCUT2D eigenvalue weighted by molar-refractivity contribution is 7.33. The largest absolute Gasteiger partial charge is 0.697 e. The van der Waals surface area contributed by atoms with Gasteiger partial charge in [-0.05, 0) is 27.7 Å². The zero-order valence-electron chi connectivity index (χ0n) is 10.2. The van der Waals surface area contributed by atoms with E-state index in [0.717, 1.165) is 0 Å². The first-order valence-corrected chi connectivity index (χ1v) is 7.27. The monoisotopic (exact) mass is 274 g/mol. The molecule has 0 heterocycles. The van der Waals surface area contributed by atoms with Crippen LogP contribution in [0.15, 0.2) is 0 Å². The molecule has 8 heteroatoms. The summed E-state index contributed by atoms with van der Waals surface area (Å²) in [6, 6.07) is 0. The van der Waals surface area contributed by atoms with Gasteiger partial charge in [0.25, 0.3) is 0 Å². The van der Waals surface area contributed by atoms with Crippen molar-refractivity contribution in [1.29, 1.82) is 0 Å². The van der Waals surface area contributed by atoms with E-state index in [1.54, 1.807) is 27.7 Å². The van der Waals surface area contributed by atoms with Crippen molar-refractivity contribution in [2.75, 3.05) is 26.4 Å². The van der Waals surface area contributed by atoms with Crippen molar-refractivity contribution >= 4 is 16.5 Å². The van der Waals surface area contributed by atoms with Gasteiger partial charge >= 0.3 is 16.5 Å². The summed E-state index contributed by atoms with van der Waals surface area (Å²) in [6.45, 7) is 8.84. The third kappa shape index (κ3) is 16.5. The molecule has 0 atom stereocenters. The molecule has 0 unspecified atom stereocenters. The van der Waals surface area contributed by atoms with E-state index >= 15 is 0 Å². The van der Waals surface area contributed by atoms with Crippen LogP contribution in [0.2, 0.25) is 0 Å². The van der Waals surface area contributed by atoms with E-state index in [-0.39, 0.29) is 0 Å². The molecule has 0 aromatic rings. The maximum absolute atomic E-state index is 10.3. The minimum atomic E-state index is -1.83. The van der Waals surface area contributed by atoms with Crippen molar-refractivity contribution in [3.05, 3.63) is 0 Å². The maximum atomic E-state index is 10.3. The second-order valence-corrected chi connectivity index (χ2v) is 4.05. The Labute approximate surface area is 98.5 Å². The van der Waals surface area contributed by atoms with Crippen molar-refractivity contribution in [2.24, 2.45) is 0 Å². The van der Waals surface area contributed by atoms with E-state index in [1.807, 2.05) is 0 Å². The van der Waals surface area contributed by atoms with Crippen molar-refractivity contribution in [2.45, 2.75) is 27.7 Å². The molecule has 0 fully saturated rings. The summed E-state index contributed by atoms with van der Waals surface area (Å²) >= 11 is 0. The predicted octanol–water partition coefficient (Wildman–Crippen LogP) is 3.43. The minimum Gasteiger partial charge on any atom is -0.119 e. The molecule has 0 radical (unpaired) electrons. The molecule has 0 saturated heterocycles. The average molecular weight is 274 g/mol. The van der Waals surface area contributed by atoms with Gasteiger partial charge in [0, 0.05) is 9.13 Å².